The van der Waals surface area contributed by atoms with Crippen LogP contribution in [0.3, 0.4) is 0 Å². The summed E-state index contributed by atoms with van der Waals surface area (Å²) in [6.45, 7) is 16.8. The zero-order valence-corrected chi connectivity index (χ0v) is 25.0. The van der Waals surface area contributed by atoms with E-state index in [4.69, 9.17) is 18.9 Å². The Morgan fingerprint density at radius 3 is 2.27 bits per heavy atom. The molecule has 0 aromatic rings. The molecule has 2 saturated carbocycles. The maximum Gasteiger partial charge on any atom is 0.334 e. The topological polar surface area (TPSA) is 108 Å². The number of carbonyl (C=O) groups excluding carboxylic acids is 3. The molecule has 3 rings (SSSR count). The van der Waals surface area contributed by atoms with Gasteiger partial charge in [-0.25, -0.2) is 14.4 Å². The monoisotopic (exact) mass is 572 g/mol. The third-order valence-electron chi connectivity index (χ3n) is 8.49. The first-order valence-electron chi connectivity index (χ1n) is 15.0. The molecule has 0 radical (unpaired) electrons. The molecule has 1 heterocycles. The first-order chi connectivity index (χ1) is 19.5. The number of aliphatic hydroxyl groups is 1. The summed E-state index contributed by atoms with van der Waals surface area (Å²) in [6, 6.07) is 0. The number of aliphatic hydroxyl groups excluding tert-OH is 1. The Morgan fingerprint density at radius 1 is 0.976 bits per heavy atom. The van der Waals surface area contributed by atoms with Crippen molar-refractivity contribution in [3.63, 3.8) is 0 Å². The van der Waals surface area contributed by atoms with E-state index < -0.39 is 6.29 Å². The molecule has 1 aliphatic heterocycles. The molecule has 0 amide bonds. The van der Waals surface area contributed by atoms with E-state index in [-0.39, 0.29) is 47.9 Å². The van der Waals surface area contributed by atoms with Gasteiger partial charge in [0.2, 0.25) is 0 Å². The van der Waals surface area contributed by atoms with Gasteiger partial charge in [-0.05, 0) is 108 Å². The Balaban J connectivity index is 1.63. The van der Waals surface area contributed by atoms with E-state index in [9.17, 15) is 19.5 Å². The number of carbonyl (C=O) groups is 3. The van der Waals surface area contributed by atoms with Crippen LogP contribution >= 0.6 is 0 Å². The van der Waals surface area contributed by atoms with E-state index in [1.54, 1.807) is 20.8 Å². The molecular formula is C33H48O8. The molecule has 2 aliphatic carbocycles. The van der Waals surface area contributed by atoms with Crippen LogP contribution in [0.1, 0.15) is 85.0 Å². The van der Waals surface area contributed by atoms with Gasteiger partial charge in [-0.15, -0.1) is 0 Å². The second-order valence-corrected chi connectivity index (χ2v) is 12.2. The third kappa shape index (κ3) is 9.67. The maximum atomic E-state index is 13.2. The van der Waals surface area contributed by atoms with Gasteiger partial charge in [-0.1, -0.05) is 25.8 Å². The second kappa shape index (κ2) is 15.5. The van der Waals surface area contributed by atoms with Crippen LogP contribution in [-0.2, 0) is 33.3 Å². The van der Waals surface area contributed by atoms with Gasteiger partial charge in [0.25, 0.3) is 0 Å². The minimum absolute atomic E-state index is 0.0978. The van der Waals surface area contributed by atoms with Gasteiger partial charge in [0.15, 0.2) is 6.29 Å². The summed E-state index contributed by atoms with van der Waals surface area (Å²) in [7, 11) is 0. The van der Waals surface area contributed by atoms with Crippen molar-refractivity contribution >= 4 is 17.9 Å². The average molecular weight is 573 g/mol. The fourth-order valence-corrected chi connectivity index (χ4v) is 6.27. The SMILES string of the molecule is C=C(C)C(=O)OCCCC1CC(CCCOC(O)C(=C)C)CC2C=C(C3CCC(OC(=O)C(=C)C)CC3)C(=O)OC21. The van der Waals surface area contributed by atoms with Gasteiger partial charge in [-0.3, -0.25) is 0 Å². The van der Waals surface area contributed by atoms with Crippen molar-refractivity contribution < 1.29 is 38.4 Å². The molecule has 3 aliphatic rings. The van der Waals surface area contributed by atoms with E-state index in [2.05, 4.69) is 25.8 Å². The van der Waals surface area contributed by atoms with Gasteiger partial charge in [-0.2, -0.15) is 0 Å². The summed E-state index contributed by atoms with van der Waals surface area (Å²) in [5.74, 6) is -0.151. The molecule has 0 spiro atoms. The highest BCUT2D eigenvalue weighted by Crippen LogP contribution is 2.45. The molecule has 2 fully saturated rings. The smallest absolute Gasteiger partial charge is 0.334 e. The first-order valence-corrected chi connectivity index (χ1v) is 15.0. The average Bonchev–Trinajstić information content (AvgIpc) is 2.93. The summed E-state index contributed by atoms with van der Waals surface area (Å²) in [6.07, 6.45) is 8.98. The molecule has 0 aromatic carbocycles. The quantitative estimate of drug-likeness (QED) is 0.0700. The molecule has 5 unspecified atom stereocenters. The molecule has 1 N–H and O–H groups in total. The summed E-state index contributed by atoms with van der Waals surface area (Å²) in [5, 5.41) is 9.87. The number of rotatable bonds is 14. The van der Waals surface area contributed by atoms with Crippen LogP contribution in [0.4, 0.5) is 0 Å². The van der Waals surface area contributed by atoms with Crippen molar-refractivity contribution in [2.75, 3.05) is 13.2 Å². The van der Waals surface area contributed by atoms with Crippen molar-refractivity contribution in [2.24, 2.45) is 23.7 Å². The van der Waals surface area contributed by atoms with Gasteiger partial charge in [0.1, 0.15) is 12.2 Å². The summed E-state index contributed by atoms with van der Waals surface area (Å²) in [5.41, 5.74) is 2.12. The zero-order chi connectivity index (χ0) is 30.1. The van der Waals surface area contributed by atoms with Gasteiger partial charge in [0.05, 0.1) is 13.2 Å². The highest BCUT2D eigenvalue weighted by atomic mass is 16.6. The van der Waals surface area contributed by atoms with Crippen LogP contribution in [0.25, 0.3) is 0 Å². The fraction of sp³-hybridized carbons (Fsp3) is 0.667. The van der Waals surface area contributed by atoms with E-state index in [1.165, 1.54) is 0 Å². The Kier molecular flexibility index (Phi) is 12.4. The van der Waals surface area contributed by atoms with Crippen molar-refractivity contribution in [3.05, 3.63) is 48.1 Å². The standard InChI is InChI=1S/C33H48O8/c1-20(2)30(34)38-15-7-9-23-17-25(10-8-16-39-31(35)21(3)4)29-26(18-23)19-28(33(37)41-29)24-11-13-27(14-12-24)40-32(36)22(5)6/h19,23-27,29-30,34H,1,3,5,7-18H2,2,4,6H3. The van der Waals surface area contributed by atoms with Crippen molar-refractivity contribution in [2.45, 2.75) is 103 Å². The normalized spacial score (nSPS) is 28.4. The van der Waals surface area contributed by atoms with Gasteiger partial charge in [0, 0.05) is 22.6 Å². The molecule has 0 aromatic heterocycles. The lowest BCUT2D eigenvalue weighted by molar-refractivity contribution is -0.157. The van der Waals surface area contributed by atoms with Crippen molar-refractivity contribution in [3.8, 4) is 0 Å². The summed E-state index contributed by atoms with van der Waals surface area (Å²) in [4.78, 5) is 36.9. The van der Waals surface area contributed by atoms with Crippen molar-refractivity contribution in [1.29, 1.82) is 0 Å². The molecule has 8 heteroatoms. The Labute approximate surface area is 244 Å². The Bertz CT molecular complexity index is 1020. The molecule has 5 atom stereocenters. The maximum absolute atomic E-state index is 13.2. The highest BCUT2D eigenvalue weighted by Gasteiger charge is 2.44. The largest absolute Gasteiger partial charge is 0.462 e. The Morgan fingerprint density at radius 2 is 1.63 bits per heavy atom. The molecule has 8 nitrogen and oxygen atoms in total. The minimum atomic E-state index is -0.942. The lowest BCUT2D eigenvalue weighted by Crippen LogP contribution is -2.44. The van der Waals surface area contributed by atoms with Crippen LogP contribution in [0.2, 0.25) is 0 Å². The van der Waals surface area contributed by atoms with Crippen LogP contribution in [-0.4, -0.2) is 54.7 Å². The van der Waals surface area contributed by atoms with E-state index in [1.807, 2.05) is 0 Å². The lowest BCUT2D eigenvalue weighted by atomic mass is 9.68. The van der Waals surface area contributed by atoms with E-state index in [0.29, 0.717) is 55.1 Å². The lowest BCUT2D eigenvalue weighted by Gasteiger charge is -2.44. The number of hydrogen-bond donors (Lipinski definition) is 1. The molecule has 228 valence electrons. The number of ether oxygens (including phenoxy) is 4. The molecule has 0 bridgehead atoms. The predicted octanol–water partition coefficient (Wildman–Crippen LogP) is 5.75. The van der Waals surface area contributed by atoms with Crippen LogP contribution in [0.5, 0.6) is 0 Å². The number of fused-ring (bicyclic) bond motifs is 1. The number of hydrogen-bond acceptors (Lipinski definition) is 8. The van der Waals surface area contributed by atoms with E-state index in [0.717, 1.165) is 50.5 Å². The van der Waals surface area contributed by atoms with Crippen LogP contribution in [0.15, 0.2) is 48.1 Å². The van der Waals surface area contributed by atoms with Gasteiger partial charge < -0.3 is 24.1 Å². The molecular weight excluding hydrogens is 524 g/mol. The fourth-order valence-electron chi connectivity index (χ4n) is 6.27. The van der Waals surface area contributed by atoms with Crippen molar-refractivity contribution in [1.82, 2.24) is 0 Å². The molecule has 41 heavy (non-hydrogen) atoms. The summed E-state index contributed by atoms with van der Waals surface area (Å²) < 4.78 is 22.5. The molecule has 0 saturated heterocycles. The van der Waals surface area contributed by atoms with E-state index >= 15 is 0 Å². The highest BCUT2D eigenvalue weighted by molar-refractivity contribution is 5.90. The minimum Gasteiger partial charge on any atom is -0.462 e. The van der Waals surface area contributed by atoms with Gasteiger partial charge >= 0.3 is 17.9 Å². The summed E-state index contributed by atoms with van der Waals surface area (Å²) >= 11 is 0. The van der Waals surface area contributed by atoms with Crippen LogP contribution < -0.4 is 0 Å². The number of esters is 3. The third-order valence-corrected chi connectivity index (χ3v) is 8.49. The zero-order valence-electron chi connectivity index (χ0n) is 25.0. The first kappa shape index (κ1) is 32.8. The second-order valence-electron chi connectivity index (χ2n) is 12.2. The van der Waals surface area contributed by atoms with Crippen LogP contribution in [0, 0.1) is 23.7 Å². The Hall–Kier alpha value is -2.71. The predicted molar refractivity (Wildman–Crippen MR) is 155 cm³/mol.